The molecule has 3 rings (SSSR count). The van der Waals surface area contributed by atoms with Gasteiger partial charge in [0.2, 0.25) is 0 Å². The summed E-state index contributed by atoms with van der Waals surface area (Å²) in [4.78, 5) is 26.0. The number of amides is 2. The Bertz CT molecular complexity index is 764. The van der Waals surface area contributed by atoms with Crippen LogP contribution < -0.4 is 10.2 Å². The third-order valence-electron chi connectivity index (χ3n) is 3.74. The summed E-state index contributed by atoms with van der Waals surface area (Å²) >= 11 is 0. The maximum Gasteiger partial charge on any atom is 0.274 e. The molecule has 1 fully saturated rings. The van der Waals surface area contributed by atoms with E-state index in [-0.39, 0.29) is 23.8 Å². The fourth-order valence-electron chi connectivity index (χ4n) is 2.38. The quantitative estimate of drug-likeness (QED) is 0.841. The molecular formula is C18H21N3O4. The minimum Gasteiger partial charge on any atom is -0.368 e. The van der Waals surface area contributed by atoms with Gasteiger partial charge in [0.15, 0.2) is 11.5 Å². The molecule has 0 unspecified atom stereocenters. The first-order valence-corrected chi connectivity index (χ1v) is 8.10. The second-order valence-corrected chi connectivity index (χ2v) is 6.89. The lowest BCUT2D eigenvalue weighted by atomic mass is 10.1. The number of nitrogens with zero attached hydrogens (tertiary/aromatic N) is 2. The van der Waals surface area contributed by atoms with Crippen LogP contribution in [0.1, 0.15) is 37.0 Å². The number of hydrogen-bond acceptors (Lipinski definition) is 5. The summed E-state index contributed by atoms with van der Waals surface area (Å²) in [5.41, 5.74) is 0.647. The summed E-state index contributed by atoms with van der Waals surface area (Å²) in [7, 11) is 0. The van der Waals surface area contributed by atoms with Gasteiger partial charge >= 0.3 is 0 Å². The monoisotopic (exact) mass is 343 g/mol. The minimum atomic E-state index is -0.543. The number of carbonyl (C=O) groups excluding carboxylic acids is 2. The lowest BCUT2D eigenvalue weighted by Gasteiger charge is -2.38. The molecule has 1 aliphatic heterocycles. The Balaban J connectivity index is 1.54. The van der Waals surface area contributed by atoms with Crippen LogP contribution in [-0.4, -0.2) is 35.2 Å². The molecule has 2 aromatic rings. The van der Waals surface area contributed by atoms with E-state index in [2.05, 4.69) is 10.5 Å². The lowest BCUT2D eigenvalue weighted by molar-refractivity contribution is -0.124. The smallest absolute Gasteiger partial charge is 0.274 e. The number of benzene rings is 1. The van der Waals surface area contributed by atoms with E-state index in [1.54, 1.807) is 4.90 Å². The number of nitrogens with one attached hydrogen (secondary N) is 1. The largest absolute Gasteiger partial charge is 0.368 e. The Morgan fingerprint density at radius 2 is 2.08 bits per heavy atom. The van der Waals surface area contributed by atoms with Gasteiger partial charge in [-0.1, -0.05) is 23.4 Å². The molecule has 1 N–H and O–H groups in total. The predicted molar refractivity (Wildman–Crippen MR) is 91.1 cm³/mol. The van der Waals surface area contributed by atoms with Gasteiger partial charge in [0.05, 0.1) is 12.1 Å². The Labute approximate surface area is 145 Å². The van der Waals surface area contributed by atoms with Crippen LogP contribution in [0.2, 0.25) is 0 Å². The average Bonchev–Trinajstić information content (AvgIpc) is 3.05. The highest BCUT2D eigenvalue weighted by atomic mass is 16.5. The van der Waals surface area contributed by atoms with Crippen LogP contribution in [0, 0.1) is 0 Å². The molecule has 1 atom stereocenters. The highest BCUT2D eigenvalue weighted by molar-refractivity contribution is 6.07. The summed E-state index contributed by atoms with van der Waals surface area (Å²) in [6.45, 7) is 6.45. The van der Waals surface area contributed by atoms with Crippen molar-refractivity contribution in [2.45, 2.75) is 39.0 Å². The van der Waals surface area contributed by atoms with E-state index in [0.717, 1.165) is 5.69 Å². The minimum absolute atomic E-state index is 0.137. The van der Waals surface area contributed by atoms with Crippen LogP contribution in [0.3, 0.4) is 0 Å². The number of rotatable bonds is 5. The third-order valence-corrected chi connectivity index (χ3v) is 3.74. The number of anilines is 1. The van der Waals surface area contributed by atoms with Crippen LogP contribution in [0.15, 0.2) is 40.9 Å². The van der Waals surface area contributed by atoms with Gasteiger partial charge in [-0.15, -0.1) is 0 Å². The Hall–Kier alpha value is -2.67. The van der Waals surface area contributed by atoms with Gasteiger partial charge in [0.25, 0.3) is 11.8 Å². The molecule has 132 valence electrons. The molecule has 1 aromatic carbocycles. The van der Waals surface area contributed by atoms with Gasteiger partial charge in [-0.2, -0.15) is 0 Å². The van der Waals surface area contributed by atoms with Crippen LogP contribution >= 0.6 is 0 Å². The van der Waals surface area contributed by atoms with Crippen molar-refractivity contribution in [1.29, 1.82) is 0 Å². The molecule has 0 spiro atoms. The molecular weight excluding hydrogens is 322 g/mol. The highest BCUT2D eigenvalue weighted by Crippen LogP contribution is 2.21. The first-order chi connectivity index (χ1) is 11.8. The number of aromatic nitrogens is 1. The normalized spacial score (nSPS) is 17.3. The number of hydrogen-bond donors (Lipinski definition) is 1. The van der Waals surface area contributed by atoms with Gasteiger partial charge < -0.3 is 19.5 Å². The number of ether oxygens (including phenoxy) is 1. The van der Waals surface area contributed by atoms with E-state index < -0.39 is 11.9 Å². The van der Waals surface area contributed by atoms with Crippen LogP contribution in [0.5, 0.6) is 0 Å². The Morgan fingerprint density at radius 3 is 2.72 bits per heavy atom. The van der Waals surface area contributed by atoms with E-state index >= 15 is 0 Å². The van der Waals surface area contributed by atoms with Crippen molar-refractivity contribution in [1.82, 2.24) is 10.5 Å². The molecule has 7 nitrogen and oxygen atoms in total. The topological polar surface area (TPSA) is 84.7 Å². The van der Waals surface area contributed by atoms with Crippen LogP contribution in [0.25, 0.3) is 0 Å². The SMILES string of the molecule is CC(C)(C)OCc1cc(C(=O)N[C@@H]2CN(c3ccccc3)C2=O)no1. The summed E-state index contributed by atoms with van der Waals surface area (Å²) < 4.78 is 10.7. The molecule has 1 aliphatic rings. The van der Waals surface area contributed by atoms with Gasteiger partial charge in [-0.25, -0.2) is 0 Å². The van der Waals surface area contributed by atoms with Gasteiger partial charge in [-0.3, -0.25) is 9.59 Å². The number of para-hydroxylation sites is 1. The van der Waals surface area contributed by atoms with Crippen molar-refractivity contribution in [2.24, 2.45) is 0 Å². The molecule has 1 aromatic heterocycles. The van der Waals surface area contributed by atoms with Crippen molar-refractivity contribution in [3.05, 3.63) is 47.9 Å². The van der Waals surface area contributed by atoms with E-state index in [0.29, 0.717) is 12.3 Å². The molecule has 2 amide bonds. The molecule has 1 saturated heterocycles. The standard InChI is InChI=1S/C18H21N3O4/c1-18(2,3)24-11-13-9-14(20-25-13)16(22)19-15-10-21(17(15)23)12-7-5-4-6-8-12/h4-9,15H,10-11H2,1-3H3,(H,19,22)/t15-/m1/s1. The molecule has 25 heavy (non-hydrogen) atoms. The summed E-state index contributed by atoms with van der Waals surface area (Å²) in [6.07, 6.45) is 0. The molecule has 0 bridgehead atoms. The molecule has 7 heteroatoms. The second kappa shape index (κ2) is 6.68. The average molecular weight is 343 g/mol. The summed E-state index contributed by atoms with van der Waals surface area (Å²) in [5, 5.41) is 6.41. The van der Waals surface area contributed by atoms with Crippen molar-refractivity contribution < 1.29 is 18.8 Å². The number of β-lactam (4-membered cyclic amide) rings is 1. The molecule has 0 saturated carbocycles. The van der Waals surface area contributed by atoms with Crippen molar-refractivity contribution >= 4 is 17.5 Å². The fraction of sp³-hybridized carbons (Fsp3) is 0.389. The van der Waals surface area contributed by atoms with Gasteiger partial charge in [-0.05, 0) is 32.9 Å². The first-order valence-electron chi connectivity index (χ1n) is 8.10. The van der Waals surface area contributed by atoms with Gasteiger partial charge in [0.1, 0.15) is 12.6 Å². The third kappa shape index (κ3) is 4.06. The van der Waals surface area contributed by atoms with Crippen molar-refractivity contribution in [3.8, 4) is 0 Å². The molecule has 0 radical (unpaired) electrons. The zero-order valence-electron chi connectivity index (χ0n) is 14.5. The highest BCUT2D eigenvalue weighted by Gasteiger charge is 2.39. The van der Waals surface area contributed by atoms with Crippen molar-refractivity contribution in [3.63, 3.8) is 0 Å². The number of carbonyl (C=O) groups is 2. The van der Waals surface area contributed by atoms with E-state index in [9.17, 15) is 9.59 Å². The zero-order chi connectivity index (χ0) is 18.0. The Kier molecular flexibility index (Phi) is 4.59. The van der Waals surface area contributed by atoms with E-state index in [1.807, 2.05) is 51.1 Å². The van der Waals surface area contributed by atoms with Crippen LogP contribution in [-0.2, 0) is 16.1 Å². The molecule has 2 heterocycles. The second-order valence-electron chi connectivity index (χ2n) is 6.89. The Morgan fingerprint density at radius 1 is 1.36 bits per heavy atom. The summed E-state index contributed by atoms with van der Waals surface area (Å²) in [6, 6.07) is 10.3. The maximum absolute atomic E-state index is 12.2. The van der Waals surface area contributed by atoms with Crippen molar-refractivity contribution in [2.75, 3.05) is 11.4 Å². The van der Waals surface area contributed by atoms with Gasteiger partial charge in [0, 0.05) is 11.8 Å². The lowest BCUT2D eigenvalue weighted by Crippen LogP contribution is -2.64. The molecule has 0 aliphatic carbocycles. The van der Waals surface area contributed by atoms with E-state index in [1.165, 1.54) is 6.07 Å². The maximum atomic E-state index is 12.2. The first kappa shape index (κ1) is 17.2. The predicted octanol–water partition coefficient (Wildman–Crippen LogP) is 2.13. The summed E-state index contributed by atoms with van der Waals surface area (Å²) in [5.74, 6) is -0.109. The van der Waals surface area contributed by atoms with Crippen LogP contribution in [0.4, 0.5) is 5.69 Å². The zero-order valence-corrected chi connectivity index (χ0v) is 14.5. The van der Waals surface area contributed by atoms with E-state index in [4.69, 9.17) is 9.26 Å². The fourth-order valence-corrected chi connectivity index (χ4v) is 2.38.